The van der Waals surface area contributed by atoms with E-state index >= 15 is 0 Å². The first-order chi connectivity index (χ1) is 32.5. The Morgan fingerprint density at radius 2 is 0.958 bits per heavy atom. The number of nitrogens with two attached hydrogens (primary N) is 1. The van der Waals surface area contributed by atoms with Crippen molar-refractivity contribution in [3.63, 3.8) is 0 Å². The molecule has 408 valence electrons. The number of nitrogens with zero attached hydrogens (tertiary/aromatic N) is 1. The normalized spacial score (nSPS) is 54.0. The molecule has 10 fully saturated rings. The molecule has 1 unspecified atom stereocenters. The maximum atomic E-state index is 10.7. The van der Waals surface area contributed by atoms with Gasteiger partial charge in [0.15, 0.2) is 0 Å². The smallest absolute Gasteiger partial charge is 0.0655 e. The van der Waals surface area contributed by atoms with Gasteiger partial charge in [-0.3, -0.25) is 0 Å². The molecular formula is C64H112N2O5. The number of allylic oxidation sites excluding steroid dienone is 2. The van der Waals surface area contributed by atoms with E-state index in [-0.39, 0.29) is 72.0 Å². The summed E-state index contributed by atoms with van der Waals surface area (Å²) in [5, 5.41) is 56.0. The van der Waals surface area contributed by atoms with E-state index in [1.165, 1.54) is 107 Å². The summed E-state index contributed by atoms with van der Waals surface area (Å²) in [5.41, 5.74) is 11.6. The number of aliphatic hydroxyl groups excluding tert-OH is 4. The molecule has 0 heterocycles. The number of hydrogen-bond acceptors (Lipinski definition) is 7. The number of aliphatic hydroxyl groups is 4. The van der Waals surface area contributed by atoms with Gasteiger partial charge in [0.05, 0.1) is 18.9 Å². The molecule has 0 aromatic carbocycles. The topological polar surface area (TPSA) is 140 Å². The number of hydrogen-bond donors (Lipinski definition) is 6. The van der Waals surface area contributed by atoms with Crippen LogP contribution < -0.4 is 5.73 Å². The highest BCUT2D eigenvalue weighted by Crippen LogP contribution is 2.79. The van der Waals surface area contributed by atoms with Gasteiger partial charge in [0.1, 0.15) is 0 Å². The third-order valence-corrected chi connectivity index (χ3v) is 28.1. The zero-order valence-corrected chi connectivity index (χ0v) is 45.9. The fourth-order valence-corrected chi connectivity index (χ4v) is 23.5. The van der Waals surface area contributed by atoms with Crippen molar-refractivity contribution < 1.29 is 25.6 Å². The monoisotopic (exact) mass is 989 g/mol. The lowest BCUT2D eigenvalue weighted by molar-refractivity contribution is -0.244. The van der Waals surface area contributed by atoms with E-state index in [0.29, 0.717) is 83.2 Å². The molecule has 7 nitrogen and oxygen atoms in total. The number of oxime groups is 1. The third kappa shape index (κ3) is 7.45. The lowest BCUT2D eigenvalue weighted by Crippen LogP contribution is -2.68. The number of rotatable bonds is 8. The Labute approximate surface area is 435 Å². The van der Waals surface area contributed by atoms with Crippen LogP contribution in [0.1, 0.15) is 225 Å². The van der Waals surface area contributed by atoms with Gasteiger partial charge in [0, 0.05) is 30.1 Å². The van der Waals surface area contributed by atoms with E-state index in [1.807, 2.05) is 0 Å². The van der Waals surface area contributed by atoms with Crippen molar-refractivity contribution in [3.05, 3.63) is 24.3 Å². The molecule has 0 spiro atoms. The molecule has 0 aromatic rings. The lowest BCUT2D eigenvalue weighted by atomic mass is 9.32. The van der Waals surface area contributed by atoms with E-state index in [1.54, 1.807) is 0 Å². The summed E-state index contributed by atoms with van der Waals surface area (Å²) in [4.78, 5) is 0. The molecule has 7 heteroatoms. The Kier molecular flexibility index (Phi) is 15.6. The quantitative estimate of drug-likeness (QED) is 0.0813. The Morgan fingerprint density at radius 3 is 1.37 bits per heavy atom. The van der Waals surface area contributed by atoms with E-state index in [0.717, 1.165) is 50.7 Å². The van der Waals surface area contributed by atoms with E-state index < -0.39 is 5.41 Å². The van der Waals surface area contributed by atoms with Gasteiger partial charge in [0.2, 0.25) is 0 Å². The summed E-state index contributed by atoms with van der Waals surface area (Å²) in [7, 11) is 0. The van der Waals surface area contributed by atoms with Crippen molar-refractivity contribution in [2.45, 2.75) is 231 Å². The molecule has 0 radical (unpaired) electrons. The molecule has 0 bridgehead atoms. The predicted octanol–water partition coefficient (Wildman–Crippen LogP) is 14.4. The van der Waals surface area contributed by atoms with E-state index in [2.05, 4.69) is 87.6 Å². The van der Waals surface area contributed by atoms with Crippen LogP contribution in [0.4, 0.5) is 0 Å². The maximum Gasteiger partial charge on any atom is 0.0655 e. The van der Waals surface area contributed by atoms with Gasteiger partial charge in [-0.2, -0.15) is 0 Å². The van der Waals surface area contributed by atoms with Crippen molar-refractivity contribution in [1.29, 1.82) is 0 Å². The molecular weight excluding hydrogens is 877 g/mol. The zero-order valence-electron chi connectivity index (χ0n) is 45.9. The molecule has 10 saturated carbocycles. The minimum Gasteiger partial charge on any atom is -0.411 e. The third-order valence-electron chi connectivity index (χ3n) is 28.1. The average Bonchev–Trinajstić information content (AvgIpc) is 3.93. The van der Waals surface area contributed by atoms with Gasteiger partial charge in [0.25, 0.3) is 0 Å². The highest BCUT2D eigenvalue weighted by atomic mass is 16.4. The van der Waals surface area contributed by atoms with Gasteiger partial charge >= 0.3 is 0 Å². The fourth-order valence-electron chi connectivity index (χ4n) is 23.5. The Morgan fingerprint density at radius 1 is 0.507 bits per heavy atom. The van der Waals surface area contributed by atoms with Crippen LogP contribution in [-0.2, 0) is 0 Å². The van der Waals surface area contributed by atoms with Gasteiger partial charge in [-0.15, -0.1) is 0 Å². The zero-order chi connectivity index (χ0) is 50.2. The van der Waals surface area contributed by atoms with Gasteiger partial charge in [-0.1, -0.05) is 114 Å². The first-order valence-electron chi connectivity index (χ1n) is 29.2. The van der Waals surface area contributed by atoms with Crippen molar-refractivity contribution in [1.82, 2.24) is 0 Å². The second-order valence-corrected chi connectivity index (χ2v) is 29.2. The number of fused-ring (bicyclic) bond motifs is 14. The fraction of sp³-hybridized carbons (Fsp3) is 0.922. The van der Waals surface area contributed by atoms with Crippen molar-refractivity contribution >= 4 is 5.71 Å². The van der Waals surface area contributed by atoms with Crippen LogP contribution >= 0.6 is 0 Å². The van der Waals surface area contributed by atoms with Crippen LogP contribution in [0, 0.1) is 113 Å². The second-order valence-electron chi connectivity index (χ2n) is 29.2. The molecule has 71 heavy (non-hydrogen) atoms. The maximum absolute atomic E-state index is 10.7. The predicted molar refractivity (Wildman–Crippen MR) is 295 cm³/mol. The molecule has 0 saturated heterocycles. The largest absolute Gasteiger partial charge is 0.411 e. The summed E-state index contributed by atoms with van der Waals surface area (Å²) in [6.07, 6.45) is 25.8. The molecule has 10 aliphatic rings. The summed E-state index contributed by atoms with van der Waals surface area (Å²) < 4.78 is 0. The van der Waals surface area contributed by atoms with Crippen molar-refractivity contribution in [2.75, 3.05) is 26.4 Å². The van der Waals surface area contributed by atoms with Gasteiger partial charge < -0.3 is 31.4 Å². The standard InChI is InChI=1S/C31H51NO3.C31H53NO2.2CH4/c1-7-20(2)21-10-15-31(19-34)17-16-29(5)22(26(21)31)8-9-24-27(3)13-12-25(32-35)28(4,18-33)23(27)11-14-30(24,29)6;1-7-20(2)21-10-15-31(19-34)17-16-29(5)22(26(21)31)8-9-24-27(3)13-12-25(32)28(4,18-33)23(27)11-14-30(24,29)6;;/h21-24,26,33-35H,2,7-19H2,1,3-6H3;21-26,33-34H,2,7-19,32H2,1,3-6H3;2*1H4/b32-25-;;;/t21-,22+,23+,24+,26+,27-,28-,29+,30+,31+;21-,22+,23+,24+,25?,26+,27-,28-,29+,30+,31+;;/m00../s1. The van der Waals surface area contributed by atoms with Gasteiger partial charge in [-0.25, -0.2) is 0 Å². The van der Waals surface area contributed by atoms with Crippen LogP contribution in [-0.4, -0.2) is 63.8 Å². The van der Waals surface area contributed by atoms with Crippen molar-refractivity contribution in [3.8, 4) is 0 Å². The summed E-state index contributed by atoms with van der Waals surface area (Å²) in [6.45, 7) is 34.7. The minimum atomic E-state index is -0.422. The summed E-state index contributed by atoms with van der Waals surface area (Å²) in [6, 6.07) is 0.117. The Bertz CT molecular complexity index is 2000. The van der Waals surface area contributed by atoms with Crippen LogP contribution in [0.15, 0.2) is 29.5 Å². The second kappa shape index (κ2) is 19.3. The molecule has 0 amide bonds. The van der Waals surface area contributed by atoms with Gasteiger partial charge in [-0.05, 0) is 244 Å². The highest BCUT2D eigenvalue weighted by molar-refractivity contribution is 5.91. The molecule has 7 N–H and O–H groups in total. The first-order valence-corrected chi connectivity index (χ1v) is 29.2. The van der Waals surface area contributed by atoms with Crippen LogP contribution in [0.5, 0.6) is 0 Å². The first kappa shape index (κ1) is 57.5. The lowest BCUT2D eigenvalue weighted by Gasteiger charge is -2.73. The van der Waals surface area contributed by atoms with E-state index in [9.17, 15) is 25.6 Å². The van der Waals surface area contributed by atoms with Crippen molar-refractivity contribution in [2.24, 2.45) is 124 Å². The highest BCUT2D eigenvalue weighted by Gasteiger charge is 2.73. The van der Waals surface area contributed by atoms with Crippen LogP contribution in [0.3, 0.4) is 0 Å². The molecule has 21 atom stereocenters. The van der Waals surface area contributed by atoms with Crippen LogP contribution in [0.25, 0.3) is 0 Å². The molecule has 10 aliphatic carbocycles. The molecule has 10 rings (SSSR count). The molecule has 0 aliphatic heterocycles. The minimum absolute atomic E-state index is 0. The summed E-state index contributed by atoms with van der Waals surface area (Å²) >= 11 is 0. The molecule has 0 aromatic heterocycles. The Hall–Kier alpha value is -1.25. The SMILES string of the molecule is C.C.C=C(CC)[C@@H]1CC[C@]2(CO)CC[C@]3(C)[C@H](CC[C@@H]4[C@@]5(C)CC/C(=N/O)[C@@](C)(CO)[C@@H]5CC[C@]43C)[C@@H]12.C=C(CC)[C@@H]1CC[C@]2(CO)CC[C@]3(C)[C@H](CC[C@@H]4[C@@]5(C)CCC(N)[C@@](C)(CO)[C@@H]5CC[C@]43C)[C@@H]12. The Balaban J connectivity index is 0.000000203. The summed E-state index contributed by atoms with van der Waals surface area (Å²) in [5.74, 6) is 5.90. The van der Waals surface area contributed by atoms with Crippen LogP contribution in [0.2, 0.25) is 0 Å². The average molecular weight is 990 g/mol. The van der Waals surface area contributed by atoms with E-state index in [4.69, 9.17) is 5.73 Å².